The van der Waals surface area contributed by atoms with Crippen LogP contribution in [0.1, 0.15) is 45.1 Å². The van der Waals surface area contributed by atoms with Crippen LogP contribution in [-0.2, 0) is 6.42 Å². The number of amides is 1. The molecular formula is C16H15FN2O. The molecule has 20 heavy (non-hydrogen) atoms. The van der Waals surface area contributed by atoms with E-state index in [1.807, 2.05) is 13.0 Å². The molecule has 3 nitrogen and oxygen atoms in total. The third-order valence-electron chi connectivity index (χ3n) is 3.87. The predicted octanol–water partition coefficient (Wildman–Crippen LogP) is 2.71. The lowest BCUT2D eigenvalue weighted by atomic mass is 9.92. The Bertz CT molecular complexity index is 697. The number of fused-ring (bicyclic) bond motifs is 1. The summed E-state index contributed by atoms with van der Waals surface area (Å²) in [4.78, 5) is 15.8. The summed E-state index contributed by atoms with van der Waals surface area (Å²) in [6.45, 7) is 1.87. The molecule has 0 aliphatic heterocycles. The van der Waals surface area contributed by atoms with Crippen molar-refractivity contribution in [3.8, 4) is 0 Å². The van der Waals surface area contributed by atoms with Crippen molar-refractivity contribution < 1.29 is 9.18 Å². The summed E-state index contributed by atoms with van der Waals surface area (Å²) in [5, 5.41) is 0. The maximum absolute atomic E-state index is 14.0. The van der Waals surface area contributed by atoms with E-state index in [0.29, 0.717) is 17.7 Å². The van der Waals surface area contributed by atoms with Crippen molar-refractivity contribution in [3.63, 3.8) is 0 Å². The molecule has 0 spiro atoms. The van der Waals surface area contributed by atoms with Crippen LogP contribution < -0.4 is 5.73 Å². The lowest BCUT2D eigenvalue weighted by molar-refractivity contribution is 0.0998. The van der Waals surface area contributed by atoms with Crippen LogP contribution in [0, 0.1) is 12.7 Å². The minimum Gasteiger partial charge on any atom is -0.366 e. The van der Waals surface area contributed by atoms with Gasteiger partial charge in [0.15, 0.2) is 0 Å². The second-order valence-corrected chi connectivity index (χ2v) is 5.21. The fraction of sp³-hybridized carbons (Fsp3) is 0.250. The van der Waals surface area contributed by atoms with E-state index < -0.39 is 5.91 Å². The first-order valence-corrected chi connectivity index (χ1v) is 6.61. The van der Waals surface area contributed by atoms with Gasteiger partial charge in [0, 0.05) is 12.1 Å². The first-order valence-electron chi connectivity index (χ1n) is 6.61. The average Bonchev–Trinajstić information content (AvgIpc) is 2.82. The van der Waals surface area contributed by atoms with Gasteiger partial charge in [-0.1, -0.05) is 6.07 Å². The van der Waals surface area contributed by atoms with Crippen molar-refractivity contribution in [1.29, 1.82) is 0 Å². The number of halogens is 1. The molecular weight excluding hydrogens is 255 g/mol. The van der Waals surface area contributed by atoms with Gasteiger partial charge in [0.05, 0.1) is 11.3 Å². The van der Waals surface area contributed by atoms with Crippen molar-refractivity contribution in [3.05, 3.63) is 64.2 Å². The SMILES string of the molecule is Cc1cc(F)c2c(c1)[C@H](c1ncccc1C(N)=O)CC2. The Balaban J connectivity index is 2.15. The standard InChI is InChI=1S/C16H15FN2O/c1-9-7-13-10(14(17)8-9)4-5-11(13)15-12(16(18)20)3-2-6-19-15/h2-3,6-8,11H,4-5H2,1H3,(H2,18,20)/t11-/m1/s1. The molecule has 0 saturated heterocycles. The first-order chi connectivity index (χ1) is 9.58. The van der Waals surface area contributed by atoms with E-state index in [1.165, 1.54) is 0 Å². The van der Waals surface area contributed by atoms with Crippen LogP contribution in [0.15, 0.2) is 30.5 Å². The minimum absolute atomic E-state index is 0.0527. The molecule has 1 aliphatic rings. The molecule has 0 saturated carbocycles. The molecule has 1 atom stereocenters. The highest BCUT2D eigenvalue weighted by molar-refractivity contribution is 5.94. The zero-order valence-corrected chi connectivity index (χ0v) is 11.2. The summed E-state index contributed by atoms with van der Waals surface area (Å²) >= 11 is 0. The van der Waals surface area contributed by atoms with Crippen LogP contribution in [-0.4, -0.2) is 10.9 Å². The molecule has 0 fully saturated rings. The van der Waals surface area contributed by atoms with Gasteiger partial charge in [0.25, 0.3) is 5.91 Å². The first kappa shape index (κ1) is 12.8. The normalized spacial score (nSPS) is 17.0. The Morgan fingerprint density at radius 1 is 1.45 bits per heavy atom. The molecule has 0 unspecified atom stereocenters. The molecule has 0 radical (unpaired) electrons. The molecule has 2 aromatic rings. The summed E-state index contributed by atoms with van der Waals surface area (Å²) in [7, 11) is 0. The monoisotopic (exact) mass is 270 g/mol. The predicted molar refractivity (Wildman–Crippen MR) is 74.1 cm³/mol. The number of aryl methyl sites for hydroxylation is 1. The van der Waals surface area contributed by atoms with Gasteiger partial charge in [0.2, 0.25) is 0 Å². The highest BCUT2D eigenvalue weighted by atomic mass is 19.1. The molecule has 1 aromatic carbocycles. The lowest BCUT2D eigenvalue weighted by Gasteiger charge is -2.14. The van der Waals surface area contributed by atoms with Crippen molar-refractivity contribution in [2.45, 2.75) is 25.7 Å². The summed E-state index contributed by atoms with van der Waals surface area (Å²) in [6.07, 6.45) is 3.07. The molecule has 1 aromatic heterocycles. The summed E-state index contributed by atoms with van der Waals surface area (Å²) in [5.41, 5.74) is 9.04. The fourth-order valence-electron chi connectivity index (χ4n) is 3.01. The number of aromatic nitrogens is 1. The number of carbonyl (C=O) groups is 1. The van der Waals surface area contributed by atoms with Crippen molar-refractivity contribution in [1.82, 2.24) is 4.98 Å². The Morgan fingerprint density at radius 2 is 2.25 bits per heavy atom. The van der Waals surface area contributed by atoms with Gasteiger partial charge in [-0.25, -0.2) is 4.39 Å². The molecule has 0 bridgehead atoms. The number of benzene rings is 1. The summed E-state index contributed by atoms with van der Waals surface area (Å²) in [5.74, 6) is -0.711. The molecule has 1 aliphatic carbocycles. The summed E-state index contributed by atoms with van der Waals surface area (Å²) < 4.78 is 14.0. The highest BCUT2D eigenvalue weighted by Gasteiger charge is 2.30. The number of hydrogen-bond donors (Lipinski definition) is 1. The number of primary amides is 1. The second-order valence-electron chi connectivity index (χ2n) is 5.21. The van der Waals surface area contributed by atoms with E-state index >= 15 is 0 Å². The van der Waals surface area contributed by atoms with E-state index in [1.54, 1.807) is 24.4 Å². The molecule has 3 rings (SSSR count). The smallest absolute Gasteiger partial charge is 0.250 e. The Morgan fingerprint density at radius 3 is 3.00 bits per heavy atom. The van der Waals surface area contributed by atoms with Crippen LogP contribution in [0.2, 0.25) is 0 Å². The molecule has 4 heteroatoms. The van der Waals surface area contributed by atoms with E-state index in [9.17, 15) is 9.18 Å². The van der Waals surface area contributed by atoms with Crippen molar-refractivity contribution in [2.75, 3.05) is 0 Å². The summed E-state index contributed by atoms with van der Waals surface area (Å²) in [6, 6.07) is 6.90. The zero-order valence-electron chi connectivity index (χ0n) is 11.2. The van der Waals surface area contributed by atoms with Gasteiger partial charge in [-0.15, -0.1) is 0 Å². The van der Waals surface area contributed by atoms with Gasteiger partial charge in [-0.3, -0.25) is 9.78 Å². The molecule has 1 amide bonds. The molecule has 1 heterocycles. The van der Waals surface area contributed by atoms with Crippen molar-refractivity contribution in [2.24, 2.45) is 5.73 Å². The maximum atomic E-state index is 14.0. The third kappa shape index (κ3) is 1.97. The van der Waals surface area contributed by atoms with E-state index in [0.717, 1.165) is 23.1 Å². The highest BCUT2D eigenvalue weighted by Crippen LogP contribution is 2.40. The fourth-order valence-corrected chi connectivity index (χ4v) is 3.01. The molecule has 102 valence electrons. The Labute approximate surface area is 116 Å². The van der Waals surface area contributed by atoms with Crippen LogP contribution in [0.25, 0.3) is 0 Å². The number of nitrogens with zero attached hydrogens (tertiary/aromatic N) is 1. The Kier molecular flexibility index (Phi) is 3.01. The van der Waals surface area contributed by atoms with E-state index in [-0.39, 0.29) is 11.7 Å². The largest absolute Gasteiger partial charge is 0.366 e. The van der Waals surface area contributed by atoms with E-state index in [4.69, 9.17) is 5.73 Å². The van der Waals surface area contributed by atoms with Gasteiger partial charge in [-0.05, 0) is 54.7 Å². The Hall–Kier alpha value is -2.23. The lowest BCUT2D eigenvalue weighted by Crippen LogP contribution is -2.16. The van der Waals surface area contributed by atoms with Crippen LogP contribution in [0.5, 0.6) is 0 Å². The van der Waals surface area contributed by atoms with E-state index in [2.05, 4.69) is 4.98 Å². The quantitative estimate of drug-likeness (QED) is 0.912. The topological polar surface area (TPSA) is 56.0 Å². The zero-order chi connectivity index (χ0) is 14.3. The van der Waals surface area contributed by atoms with Gasteiger partial charge in [-0.2, -0.15) is 0 Å². The average molecular weight is 270 g/mol. The number of nitrogens with two attached hydrogens (primary N) is 1. The second kappa shape index (κ2) is 4.71. The minimum atomic E-state index is -0.491. The van der Waals surface area contributed by atoms with Gasteiger partial charge in [0.1, 0.15) is 5.82 Å². The van der Waals surface area contributed by atoms with Gasteiger partial charge >= 0.3 is 0 Å². The van der Waals surface area contributed by atoms with Crippen molar-refractivity contribution >= 4 is 5.91 Å². The van der Waals surface area contributed by atoms with Gasteiger partial charge < -0.3 is 5.73 Å². The van der Waals surface area contributed by atoms with Crippen LogP contribution in [0.3, 0.4) is 0 Å². The third-order valence-corrected chi connectivity index (χ3v) is 3.87. The molecule has 2 N–H and O–H groups in total. The van der Waals surface area contributed by atoms with Crippen LogP contribution in [0.4, 0.5) is 4.39 Å². The van der Waals surface area contributed by atoms with Crippen LogP contribution >= 0.6 is 0 Å². The maximum Gasteiger partial charge on any atom is 0.250 e. The number of rotatable bonds is 2. The number of pyridine rings is 1. The number of carbonyl (C=O) groups excluding carboxylic acids is 1. The number of hydrogen-bond acceptors (Lipinski definition) is 2.